The van der Waals surface area contributed by atoms with E-state index in [0.29, 0.717) is 12.4 Å². The van der Waals surface area contributed by atoms with Crippen molar-refractivity contribution in [1.29, 1.82) is 0 Å². The van der Waals surface area contributed by atoms with Gasteiger partial charge in [-0.3, -0.25) is 9.59 Å². The summed E-state index contributed by atoms with van der Waals surface area (Å²) in [5.41, 5.74) is 3.31. The number of anilines is 1. The maximum Gasteiger partial charge on any atom is 0.230 e. The molecule has 1 atom stereocenters. The van der Waals surface area contributed by atoms with E-state index < -0.39 is 5.92 Å². The van der Waals surface area contributed by atoms with Crippen LogP contribution in [0.5, 0.6) is 0 Å². The van der Waals surface area contributed by atoms with Gasteiger partial charge < -0.3 is 15.7 Å². The smallest absolute Gasteiger partial charge is 0.230 e. The molecule has 1 aliphatic heterocycles. The van der Waals surface area contributed by atoms with E-state index >= 15 is 0 Å². The average molecular weight is 376 g/mol. The number of amides is 2. The molecule has 0 spiro atoms. The van der Waals surface area contributed by atoms with Crippen LogP contribution in [0.1, 0.15) is 12.0 Å². The van der Waals surface area contributed by atoms with Crippen LogP contribution in [-0.4, -0.2) is 33.2 Å². The molecule has 2 aromatic carbocycles. The van der Waals surface area contributed by atoms with Crippen LogP contribution in [-0.2, 0) is 16.2 Å². The number of rotatable bonds is 5. The van der Waals surface area contributed by atoms with E-state index in [1.807, 2.05) is 54.6 Å². The topological polar surface area (TPSA) is 96.3 Å². The first-order valence-electron chi connectivity index (χ1n) is 9.07. The Morgan fingerprint density at radius 3 is 2.71 bits per heavy atom. The lowest BCUT2D eigenvalue weighted by Crippen LogP contribution is -2.24. The van der Waals surface area contributed by atoms with Crippen molar-refractivity contribution in [3.8, 4) is 16.9 Å². The van der Waals surface area contributed by atoms with Crippen LogP contribution in [0.15, 0.2) is 60.7 Å². The lowest BCUT2D eigenvalue weighted by molar-refractivity contribution is -0.123. The van der Waals surface area contributed by atoms with Crippen molar-refractivity contribution in [3.63, 3.8) is 0 Å². The molecule has 0 bridgehead atoms. The second-order valence-electron chi connectivity index (χ2n) is 6.72. The quantitative estimate of drug-likeness (QED) is 0.635. The summed E-state index contributed by atoms with van der Waals surface area (Å²) in [5, 5.41) is 19.5. The summed E-state index contributed by atoms with van der Waals surface area (Å²) in [5.74, 6) is -0.323. The molecule has 28 heavy (non-hydrogen) atoms. The molecule has 0 radical (unpaired) electrons. The second kappa shape index (κ2) is 7.66. The summed E-state index contributed by atoms with van der Waals surface area (Å²) >= 11 is 0. The number of hydrogen-bond acceptors (Lipinski definition) is 4. The number of benzene rings is 2. The highest BCUT2D eigenvalue weighted by molar-refractivity contribution is 5.97. The number of aliphatic hydroxyl groups excluding tert-OH is 1. The van der Waals surface area contributed by atoms with Gasteiger partial charge in [0.15, 0.2) is 5.82 Å². The number of para-hydroxylation sites is 1. The normalized spacial score (nSPS) is 16.0. The van der Waals surface area contributed by atoms with Crippen LogP contribution in [0.25, 0.3) is 16.9 Å². The Labute approximate surface area is 162 Å². The first-order chi connectivity index (χ1) is 13.6. The Morgan fingerprint density at radius 2 is 2.00 bits per heavy atom. The van der Waals surface area contributed by atoms with Gasteiger partial charge in [-0.15, -0.1) is 5.10 Å². The van der Waals surface area contributed by atoms with E-state index in [4.69, 9.17) is 0 Å². The third-order valence-electron chi connectivity index (χ3n) is 4.71. The SMILES string of the molecule is O=C1C[C@@H](C(=O)Nc2cc(-c3cccc(CO)c3)n(-c3ccccc3)n2)CN1. The summed E-state index contributed by atoms with van der Waals surface area (Å²) in [6.07, 6.45) is 0.191. The molecule has 7 heteroatoms. The minimum absolute atomic E-state index is 0.0559. The fraction of sp³-hybridized carbons (Fsp3) is 0.190. The first-order valence-corrected chi connectivity index (χ1v) is 9.07. The Bertz CT molecular complexity index is 1010. The van der Waals surface area contributed by atoms with Gasteiger partial charge in [0, 0.05) is 24.6 Å². The van der Waals surface area contributed by atoms with Gasteiger partial charge in [0.05, 0.1) is 23.9 Å². The van der Waals surface area contributed by atoms with Gasteiger partial charge in [0.25, 0.3) is 0 Å². The fourth-order valence-corrected chi connectivity index (χ4v) is 3.26. The second-order valence-corrected chi connectivity index (χ2v) is 6.72. The maximum atomic E-state index is 12.5. The van der Waals surface area contributed by atoms with Gasteiger partial charge in [-0.2, -0.15) is 0 Å². The predicted octanol–water partition coefficient (Wildman–Crippen LogP) is 2.11. The van der Waals surface area contributed by atoms with Crippen LogP contribution in [0.3, 0.4) is 0 Å². The fourth-order valence-electron chi connectivity index (χ4n) is 3.26. The van der Waals surface area contributed by atoms with Gasteiger partial charge in [-0.1, -0.05) is 36.4 Å². The molecule has 4 rings (SSSR count). The van der Waals surface area contributed by atoms with E-state index in [2.05, 4.69) is 15.7 Å². The summed E-state index contributed by atoms with van der Waals surface area (Å²) in [4.78, 5) is 23.8. The molecule has 1 saturated heterocycles. The third-order valence-corrected chi connectivity index (χ3v) is 4.71. The van der Waals surface area contributed by atoms with Crippen molar-refractivity contribution in [2.45, 2.75) is 13.0 Å². The summed E-state index contributed by atoms with van der Waals surface area (Å²) in [6, 6.07) is 18.9. The molecule has 7 nitrogen and oxygen atoms in total. The number of aliphatic hydroxyl groups is 1. The Morgan fingerprint density at radius 1 is 1.18 bits per heavy atom. The summed E-state index contributed by atoms with van der Waals surface area (Å²) in [7, 11) is 0. The lowest BCUT2D eigenvalue weighted by Gasteiger charge is -2.08. The molecule has 0 saturated carbocycles. The highest BCUT2D eigenvalue weighted by Crippen LogP contribution is 2.27. The molecule has 3 N–H and O–H groups in total. The van der Waals surface area contributed by atoms with Crippen molar-refractivity contribution in [2.75, 3.05) is 11.9 Å². The van der Waals surface area contributed by atoms with Gasteiger partial charge in [0.2, 0.25) is 11.8 Å². The zero-order chi connectivity index (χ0) is 19.5. The molecule has 1 aromatic heterocycles. The molecule has 1 fully saturated rings. The highest BCUT2D eigenvalue weighted by atomic mass is 16.3. The van der Waals surface area contributed by atoms with E-state index in [-0.39, 0.29) is 24.8 Å². The predicted molar refractivity (Wildman–Crippen MR) is 105 cm³/mol. The number of carbonyl (C=O) groups is 2. The number of carbonyl (C=O) groups excluding carboxylic acids is 2. The van der Waals surface area contributed by atoms with Gasteiger partial charge >= 0.3 is 0 Å². The minimum atomic E-state index is -0.393. The molecular formula is C21H20N4O3. The number of nitrogens with one attached hydrogen (secondary N) is 2. The minimum Gasteiger partial charge on any atom is -0.392 e. The summed E-state index contributed by atoms with van der Waals surface area (Å²) < 4.78 is 1.75. The molecule has 1 aliphatic rings. The third kappa shape index (κ3) is 3.65. The molecule has 0 unspecified atom stereocenters. The number of hydrogen-bond donors (Lipinski definition) is 3. The average Bonchev–Trinajstić information content (AvgIpc) is 3.35. The number of aromatic nitrogens is 2. The van der Waals surface area contributed by atoms with Crippen LogP contribution in [0.2, 0.25) is 0 Å². The first kappa shape index (κ1) is 17.9. The van der Waals surface area contributed by atoms with Crippen molar-refractivity contribution < 1.29 is 14.7 Å². The van der Waals surface area contributed by atoms with Crippen LogP contribution in [0.4, 0.5) is 5.82 Å². The van der Waals surface area contributed by atoms with E-state index in [1.54, 1.807) is 10.7 Å². The van der Waals surface area contributed by atoms with Crippen LogP contribution in [0, 0.1) is 5.92 Å². The largest absolute Gasteiger partial charge is 0.392 e. The van der Waals surface area contributed by atoms with E-state index in [1.165, 1.54) is 0 Å². The molecule has 0 aliphatic carbocycles. The van der Waals surface area contributed by atoms with Gasteiger partial charge in [-0.25, -0.2) is 4.68 Å². The van der Waals surface area contributed by atoms with Crippen molar-refractivity contribution >= 4 is 17.6 Å². The Hall–Kier alpha value is -3.45. The maximum absolute atomic E-state index is 12.5. The van der Waals surface area contributed by atoms with Crippen LogP contribution >= 0.6 is 0 Å². The van der Waals surface area contributed by atoms with Gasteiger partial charge in [0.1, 0.15) is 0 Å². The monoisotopic (exact) mass is 376 g/mol. The molecule has 2 amide bonds. The molecular weight excluding hydrogens is 356 g/mol. The Balaban J connectivity index is 1.70. The van der Waals surface area contributed by atoms with Crippen LogP contribution < -0.4 is 10.6 Å². The lowest BCUT2D eigenvalue weighted by atomic mass is 10.1. The molecule has 3 aromatic rings. The van der Waals surface area contributed by atoms with Crippen molar-refractivity contribution in [2.24, 2.45) is 5.92 Å². The molecule has 142 valence electrons. The number of nitrogens with zero attached hydrogens (tertiary/aromatic N) is 2. The zero-order valence-corrected chi connectivity index (χ0v) is 15.1. The van der Waals surface area contributed by atoms with E-state index in [0.717, 1.165) is 22.5 Å². The van der Waals surface area contributed by atoms with Crippen molar-refractivity contribution in [3.05, 3.63) is 66.2 Å². The van der Waals surface area contributed by atoms with Crippen molar-refractivity contribution in [1.82, 2.24) is 15.1 Å². The Kier molecular flexibility index (Phi) is 4.90. The highest BCUT2D eigenvalue weighted by Gasteiger charge is 2.28. The summed E-state index contributed by atoms with van der Waals surface area (Å²) in [6.45, 7) is 0.287. The zero-order valence-electron chi connectivity index (χ0n) is 15.1. The van der Waals surface area contributed by atoms with E-state index in [9.17, 15) is 14.7 Å². The van der Waals surface area contributed by atoms with Gasteiger partial charge in [-0.05, 0) is 23.8 Å². The standard InChI is InChI=1S/C21H20N4O3/c26-13-14-5-4-6-15(9-14)18-11-19(23-21(28)16-10-20(27)22-12-16)24-25(18)17-7-2-1-3-8-17/h1-9,11,16,26H,10,12-13H2,(H,22,27)(H,23,24,28)/t16-/m1/s1. The molecule has 2 heterocycles.